The predicted molar refractivity (Wildman–Crippen MR) is 82.1 cm³/mol. The Balaban J connectivity index is 1.68. The monoisotopic (exact) mass is 359 g/mol. The summed E-state index contributed by atoms with van der Waals surface area (Å²) in [6.45, 7) is 2.13. The van der Waals surface area contributed by atoms with Gasteiger partial charge in [-0.15, -0.1) is 0 Å². The first-order chi connectivity index (χ1) is 9.53. The molecule has 0 aromatic heterocycles. The quantitative estimate of drug-likeness (QED) is 0.897. The van der Waals surface area contributed by atoms with Crippen molar-refractivity contribution in [2.24, 2.45) is 0 Å². The molecule has 0 bridgehead atoms. The molecule has 1 aromatic carbocycles. The van der Waals surface area contributed by atoms with Gasteiger partial charge in [0.15, 0.2) is 9.84 Å². The van der Waals surface area contributed by atoms with Crippen LogP contribution in [0.3, 0.4) is 0 Å². The van der Waals surface area contributed by atoms with Crippen LogP contribution in [-0.2, 0) is 9.84 Å². The summed E-state index contributed by atoms with van der Waals surface area (Å²) in [7, 11) is -2.84. The van der Waals surface area contributed by atoms with Gasteiger partial charge < -0.3 is 10.1 Å². The van der Waals surface area contributed by atoms with Gasteiger partial charge in [-0.1, -0.05) is 6.07 Å². The third-order valence-electron chi connectivity index (χ3n) is 3.90. The first kappa shape index (κ1) is 14.4. The Hall–Kier alpha value is -0.590. The fourth-order valence-electron chi connectivity index (χ4n) is 2.77. The number of hydrogen-bond donors (Lipinski definition) is 1. The maximum atomic E-state index is 11.1. The molecule has 1 unspecified atom stereocenters. The van der Waals surface area contributed by atoms with Crippen molar-refractivity contribution in [2.75, 3.05) is 24.6 Å². The molecular formula is C14H18BrNO3S. The standard InChI is InChI=1S/C14H18BrNO3S/c15-13-6-10(11-2-1-5-16-7-11)3-4-14(13)19-12-8-20(17,18)9-12/h3-4,6,11-12,16H,1-2,5,7-9H2. The van der Waals surface area contributed by atoms with Crippen molar-refractivity contribution in [3.8, 4) is 5.75 Å². The molecule has 1 atom stereocenters. The lowest BCUT2D eigenvalue weighted by Crippen LogP contribution is -2.45. The van der Waals surface area contributed by atoms with Gasteiger partial charge in [-0.25, -0.2) is 8.42 Å². The highest BCUT2D eigenvalue weighted by Crippen LogP contribution is 2.33. The molecule has 1 aromatic rings. The van der Waals surface area contributed by atoms with Crippen LogP contribution in [0.2, 0.25) is 0 Å². The molecule has 3 rings (SSSR count). The molecule has 0 saturated carbocycles. The van der Waals surface area contributed by atoms with Gasteiger partial charge >= 0.3 is 0 Å². The molecule has 0 amide bonds. The van der Waals surface area contributed by atoms with Gasteiger partial charge in [0.25, 0.3) is 0 Å². The molecule has 6 heteroatoms. The molecule has 2 saturated heterocycles. The van der Waals surface area contributed by atoms with Crippen LogP contribution < -0.4 is 10.1 Å². The summed E-state index contributed by atoms with van der Waals surface area (Å²) in [5.74, 6) is 1.55. The lowest BCUT2D eigenvalue weighted by atomic mass is 9.92. The molecule has 2 aliphatic rings. The minimum absolute atomic E-state index is 0.133. The van der Waals surface area contributed by atoms with Gasteiger partial charge in [0.2, 0.25) is 0 Å². The fraction of sp³-hybridized carbons (Fsp3) is 0.571. The molecule has 2 heterocycles. The van der Waals surface area contributed by atoms with E-state index in [0.717, 1.165) is 23.3 Å². The Kier molecular flexibility index (Phi) is 4.06. The minimum Gasteiger partial charge on any atom is -0.487 e. The van der Waals surface area contributed by atoms with E-state index in [-0.39, 0.29) is 17.6 Å². The second kappa shape index (κ2) is 5.66. The Morgan fingerprint density at radius 2 is 2.10 bits per heavy atom. The first-order valence-electron chi connectivity index (χ1n) is 6.91. The van der Waals surface area contributed by atoms with Crippen LogP contribution in [0.1, 0.15) is 24.3 Å². The normalized spacial score (nSPS) is 25.9. The van der Waals surface area contributed by atoms with Crippen LogP contribution in [0, 0.1) is 0 Å². The van der Waals surface area contributed by atoms with Gasteiger partial charge in [-0.05, 0) is 58.9 Å². The molecular weight excluding hydrogens is 342 g/mol. The van der Waals surface area contributed by atoms with Gasteiger partial charge in [0.1, 0.15) is 11.9 Å². The highest BCUT2D eigenvalue weighted by molar-refractivity contribution is 9.10. The molecule has 2 aliphatic heterocycles. The van der Waals surface area contributed by atoms with Crippen LogP contribution in [-0.4, -0.2) is 39.1 Å². The smallest absolute Gasteiger partial charge is 0.157 e. The number of nitrogens with one attached hydrogen (secondary N) is 1. The lowest BCUT2D eigenvalue weighted by molar-refractivity contribution is 0.229. The molecule has 0 aliphatic carbocycles. The average molecular weight is 360 g/mol. The van der Waals surface area contributed by atoms with Crippen molar-refractivity contribution >= 4 is 25.8 Å². The summed E-state index contributed by atoms with van der Waals surface area (Å²) in [4.78, 5) is 0. The first-order valence-corrected chi connectivity index (χ1v) is 9.52. The second-order valence-corrected chi connectivity index (χ2v) is 8.56. The average Bonchev–Trinajstić information content (AvgIpc) is 2.40. The third-order valence-corrected chi connectivity index (χ3v) is 6.28. The number of sulfone groups is 1. The van der Waals surface area contributed by atoms with Crippen LogP contribution >= 0.6 is 15.9 Å². The van der Waals surface area contributed by atoms with Crippen LogP contribution in [0.5, 0.6) is 5.75 Å². The number of rotatable bonds is 3. The van der Waals surface area contributed by atoms with E-state index in [2.05, 4.69) is 33.4 Å². The van der Waals surface area contributed by atoms with Crippen molar-refractivity contribution in [3.63, 3.8) is 0 Å². The highest BCUT2D eigenvalue weighted by Gasteiger charge is 2.35. The van der Waals surface area contributed by atoms with Gasteiger partial charge in [-0.2, -0.15) is 0 Å². The van der Waals surface area contributed by atoms with Crippen LogP contribution in [0.4, 0.5) is 0 Å². The van der Waals surface area contributed by atoms with E-state index < -0.39 is 9.84 Å². The molecule has 20 heavy (non-hydrogen) atoms. The zero-order valence-corrected chi connectivity index (χ0v) is 13.5. The summed E-state index contributed by atoms with van der Waals surface area (Å²) >= 11 is 3.53. The molecule has 0 spiro atoms. The summed E-state index contributed by atoms with van der Waals surface area (Å²) in [6, 6.07) is 6.13. The Labute approximate surface area is 127 Å². The van der Waals surface area contributed by atoms with E-state index in [1.165, 1.54) is 18.4 Å². The minimum atomic E-state index is -2.84. The largest absolute Gasteiger partial charge is 0.487 e. The second-order valence-electron chi connectivity index (χ2n) is 5.55. The van der Waals surface area contributed by atoms with Gasteiger partial charge in [0.05, 0.1) is 16.0 Å². The van der Waals surface area contributed by atoms with E-state index in [1.807, 2.05) is 6.07 Å². The van der Waals surface area contributed by atoms with Gasteiger partial charge in [-0.3, -0.25) is 0 Å². The van der Waals surface area contributed by atoms with Crippen molar-refractivity contribution < 1.29 is 13.2 Å². The maximum Gasteiger partial charge on any atom is 0.157 e. The zero-order chi connectivity index (χ0) is 14.2. The third kappa shape index (κ3) is 3.18. The summed E-state index contributed by atoms with van der Waals surface area (Å²) in [5.41, 5.74) is 1.30. The predicted octanol–water partition coefficient (Wildman–Crippen LogP) is 2.09. The summed E-state index contributed by atoms with van der Waals surface area (Å²) in [6.07, 6.45) is 2.22. The Bertz CT molecular complexity index is 584. The Morgan fingerprint density at radius 1 is 1.30 bits per heavy atom. The summed E-state index contributed by atoms with van der Waals surface area (Å²) in [5, 5.41) is 3.41. The molecule has 4 nitrogen and oxygen atoms in total. The van der Waals surface area contributed by atoms with Crippen molar-refractivity contribution in [3.05, 3.63) is 28.2 Å². The number of benzene rings is 1. The van der Waals surface area contributed by atoms with E-state index in [9.17, 15) is 8.42 Å². The number of piperidine rings is 1. The summed E-state index contributed by atoms with van der Waals surface area (Å²) < 4.78 is 28.9. The van der Waals surface area contributed by atoms with Crippen LogP contribution in [0.25, 0.3) is 0 Å². The van der Waals surface area contributed by atoms with Crippen LogP contribution in [0.15, 0.2) is 22.7 Å². The lowest BCUT2D eigenvalue weighted by Gasteiger charge is -2.28. The maximum absolute atomic E-state index is 11.1. The molecule has 0 radical (unpaired) electrons. The van der Waals surface area contributed by atoms with Crippen molar-refractivity contribution in [1.82, 2.24) is 5.32 Å². The topological polar surface area (TPSA) is 55.4 Å². The zero-order valence-electron chi connectivity index (χ0n) is 11.1. The van der Waals surface area contributed by atoms with E-state index in [4.69, 9.17) is 4.74 Å². The van der Waals surface area contributed by atoms with E-state index >= 15 is 0 Å². The van der Waals surface area contributed by atoms with E-state index in [1.54, 1.807) is 0 Å². The molecule has 2 fully saturated rings. The van der Waals surface area contributed by atoms with Gasteiger partial charge in [0, 0.05) is 6.54 Å². The number of halogens is 1. The Morgan fingerprint density at radius 3 is 2.70 bits per heavy atom. The molecule has 1 N–H and O–H groups in total. The van der Waals surface area contributed by atoms with E-state index in [0.29, 0.717) is 5.92 Å². The van der Waals surface area contributed by atoms with Crippen molar-refractivity contribution in [2.45, 2.75) is 24.9 Å². The van der Waals surface area contributed by atoms with Crippen molar-refractivity contribution in [1.29, 1.82) is 0 Å². The SMILES string of the molecule is O=S1(=O)CC(Oc2ccc(C3CCCNC3)cc2Br)C1. The fourth-order valence-corrected chi connectivity index (χ4v) is 4.43. The number of ether oxygens (including phenoxy) is 1. The molecule has 110 valence electrons. The number of hydrogen-bond acceptors (Lipinski definition) is 4. The highest BCUT2D eigenvalue weighted by atomic mass is 79.9.